The number of rotatable bonds is 17. The van der Waals surface area contributed by atoms with Crippen molar-refractivity contribution in [3.05, 3.63) is 18.4 Å². The number of ketones is 1. The summed E-state index contributed by atoms with van der Waals surface area (Å²) < 4.78 is 30.1. The standard InChI is InChI=1S/C14H26N3O6.3C7H14O5.3Y/c1-10(2)17-14(7-21-4-11(3)18,8-22-5-12(15)19)9-23-6-13(16)20;3*1-3-5(9)6(10)4(2-8)12-7(3)11;;;/h10,17H,3-9H2,1-2H3,(H4,15,16,19,20);3*3-11H,2H2,1H3;;;/q-1;;;;;;/p-2/t;3*3?,4?,5-,6+,7-;;;/m.111.../s1. The number of aliphatic hydroxyl groups is 12. The summed E-state index contributed by atoms with van der Waals surface area (Å²) in [5, 5.41) is 112. The molecule has 0 spiro atoms. The molecule has 27 heteroatoms. The Morgan fingerprint density at radius 3 is 1.03 bits per heavy atom. The Hall–Kier alpha value is 1.03. The van der Waals surface area contributed by atoms with E-state index in [1.807, 2.05) is 13.8 Å². The average molecular weight is 1130 g/mol. The molecule has 0 saturated carbocycles. The van der Waals surface area contributed by atoms with Crippen LogP contribution < -0.4 is 5.32 Å². The van der Waals surface area contributed by atoms with Gasteiger partial charge in [0.1, 0.15) is 36.6 Å². The van der Waals surface area contributed by atoms with Gasteiger partial charge in [-0.25, -0.2) is 0 Å². The van der Waals surface area contributed by atoms with Gasteiger partial charge in [0.2, 0.25) is 0 Å². The van der Waals surface area contributed by atoms with Gasteiger partial charge in [-0.05, 0) is 0 Å². The Morgan fingerprint density at radius 1 is 0.565 bits per heavy atom. The zero-order valence-electron chi connectivity index (χ0n) is 35.6. The minimum atomic E-state index is -1.13. The van der Waals surface area contributed by atoms with Crippen molar-refractivity contribution < 1.29 is 202 Å². The van der Waals surface area contributed by atoms with Crippen LogP contribution in [0, 0.1) is 24.7 Å². The maximum absolute atomic E-state index is 10.9. The largest absolute Gasteiger partial charge is 0.666 e. The van der Waals surface area contributed by atoms with Crippen LogP contribution in [0.2, 0.25) is 0 Å². The van der Waals surface area contributed by atoms with Crippen molar-refractivity contribution >= 4 is 17.6 Å². The van der Waals surface area contributed by atoms with Crippen molar-refractivity contribution in [3.63, 3.8) is 0 Å². The number of aliphatic hydroxyl groups excluding tert-OH is 12. The second-order valence-electron chi connectivity index (χ2n) is 14.7. The van der Waals surface area contributed by atoms with Crippen LogP contribution in [-0.4, -0.2) is 224 Å². The van der Waals surface area contributed by atoms with Crippen LogP contribution in [0.3, 0.4) is 0 Å². The second-order valence-corrected chi connectivity index (χ2v) is 14.7. The van der Waals surface area contributed by atoms with E-state index in [9.17, 15) is 45.0 Å². The van der Waals surface area contributed by atoms with Crippen LogP contribution in [0.15, 0.2) is 0 Å². The summed E-state index contributed by atoms with van der Waals surface area (Å²) in [5.41, 5.74) is 12.8. The van der Waals surface area contributed by atoms with Gasteiger partial charge in [0.15, 0.2) is 18.9 Å². The van der Waals surface area contributed by atoms with Gasteiger partial charge in [-0.2, -0.15) is 0 Å². The number of carbonyl (C=O) groups is 3. The number of nitrogens with one attached hydrogen (secondary N) is 3. The molecule has 15 atom stereocenters. The molecule has 2 amide bonds. The zero-order valence-corrected chi connectivity index (χ0v) is 44.1. The molecule has 0 aromatic heterocycles. The van der Waals surface area contributed by atoms with Gasteiger partial charge >= 0.3 is 0 Å². The quantitative estimate of drug-likeness (QED) is 0.0604. The van der Waals surface area contributed by atoms with E-state index >= 15 is 0 Å². The van der Waals surface area contributed by atoms with E-state index in [1.165, 1.54) is 0 Å². The van der Waals surface area contributed by atoms with Crippen molar-refractivity contribution in [2.45, 2.75) is 120 Å². The fourth-order valence-electron chi connectivity index (χ4n) is 5.60. The monoisotopic (exact) mass is 1130 g/mol. The van der Waals surface area contributed by atoms with Gasteiger partial charge in [-0.1, -0.05) is 34.6 Å². The average Bonchev–Trinajstić information content (AvgIpc) is 3.16. The van der Waals surface area contributed by atoms with Crippen LogP contribution in [-0.2, 0) is 141 Å². The van der Waals surface area contributed by atoms with Crippen molar-refractivity contribution in [1.29, 1.82) is 0 Å². The number of hydrogen-bond acceptors (Lipinski definition) is 22. The fourth-order valence-corrected chi connectivity index (χ4v) is 5.60. The van der Waals surface area contributed by atoms with Crippen molar-refractivity contribution in [3.8, 4) is 0 Å². The van der Waals surface area contributed by atoms with E-state index in [-0.39, 0.29) is 131 Å². The molecule has 3 rings (SSSR count). The molecule has 359 valence electrons. The summed E-state index contributed by atoms with van der Waals surface area (Å²) >= 11 is 0. The molecular formula is C35H66N3O21Y3-3. The first-order valence-electron chi connectivity index (χ1n) is 18.7. The van der Waals surface area contributed by atoms with Gasteiger partial charge in [0.25, 0.3) is 0 Å². The molecule has 62 heavy (non-hydrogen) atoms. The van der Waals surface area contributed by atoms with Crippen LogP contribution in [0.4, 0.5) is 0 Å². The molecule has 3 saturated heterocycles. The Kier molecular flexibility index (Phi) is 40.5. The van der Waals surface area contributed by atoms with Crippen molar-refractivity contribution in [1.82, 2.24) is 5.32 Å². The minimum Gasteiger partial charge on any atom is -0.666 e. The second kappa shape index (κ2) is 36.1. The fraction of sp³-hybridized carbons (Fsp3) is 0.886. The van der Waals surface area contributed by atoms with Gasteiger partial charge in [-0.3, -0.25) is 0 Å². The Bertz CT molecular complexity index is 1060. The smallest absolute Gasteiger partial charge is 0.160 e. The molecule has 3 aliphatic rings. The number of Topliss-reactive ketones (excluding diaryl/α,β-unsaturated/α-hetero) is 1. The molecule has 6 unspecified atom stereocenters. The summed E-state index contributed by atoms with van der Waals surface area (Å²) in [5.74, 6) is -3.76. The molecule has 0 aromatic carbocycles. The first-order chi connectivity index (χ1) is 27.4. The molecule has 0 bridgehead atoms. The molecule has 0 aromatic rings. The summed E-state index contributed by atoms with van der Waals surface area (Å²) in [6.45, 7) is 9.33. The predicted molar refractivity (Wildman–Crippen MR) is 200 cm³/mol. The summed E-state index contributed by atoms with van der Waals surface area (Å²) in [6, 6.07) is -0.0142. The van der Waals surface area contributed by atoms with Gasteiger partial charge in [0, 0.05) is 128 Å². The number of carbonyl (C=O) groups excluding carboxylic acids is 3. The summed E-state index contributed by atoms with van der Waals surface area (Å²) in [7, 11) is 0. The van der Waals surface area contributed by atoms with Crippen LogP contribution in [0.25, 0.3) is 11.5 Å². The maximum Gasteiger partial charge on any atom is 0.160 e. The molecule has 24 nitrogen and oxygen atoms in total. The van der Waals surface area contributed by atoms with E-state index in [2.05, 4.69) is 12.2 Å². The Labute approximate surface area is 436 Å². The Balaban J connectivity index is -0.000000372. The minimum absolute atomic E-state index is 0. The maximum atomic E-state index is 10.9. The van der Waals surface area contributed by atoms with E-state index in [0.29, 0.717) is 0 Å². The summed E-state index contributed by atoms with van der Waals surface area (Å²) in [6.07, 6.45) is -12.6. The zero-order chi connectivity index (χ0) is 45.8. The van der Waals surface area contributed by atoms with Crippen molar-refractivity contribution in [2.75, 3.05) is 59.5 Å². The van der Waals surface area contributed by atoms with Crippen LogP contribution in [0.1, 0.15) is 34.6 Å². The molecule has 3 aliphatic heterocycles. The predicted octanol–water partition coefficient (Wildman–Crippen LogP) is -5.51. The molecule has 3 radical (unpaired) electrons. The normalized spacial score (nSPS) is 32.9. The van der Waals surface area contributed by atoms with Crippen molar-refractivity contribution in [2.24, 2.45) is 17.8 Å². The number of ether oxygens (including phenoxy) is 6. The topological polar surface area (TPSA) is 409 Å². The SMILES string of the molecule is CC1[C@H](O)OC(CO)[C@H](O)[C@@H]1O.CC1[C@H](O)OC(CO)[C@H](O)[C@@H]1O.CC1[C@H](O)OC(CO)[C@H](O)[C@@H]1O.[CH2-]C(=O)COCC(COCC([NH-])=O)(COCC([NH-])=O)NC(C)C.[Y].[Y].[Y]. The van der Waals surface area contributed by atoms with E-state index < -0.39 is 148 Å². The van der Waals surface area contributed by atoms with Gasteiger partial charge in [-0.15, -0.1) is 0 Å². The molecule has 15 N–H and O–H groups in total. The number of hydrogen-bond donors (Lipinski definition) is 13. The van der Waals surface area contributed by atoms with Gasteiger partial charge < -0.3 is 128 Å². The Morgan fingerprint density at radius 2 is 0.823 bits per heavy atom. The van der Waals surface area contributed by atoms with E-state index in [0.717, 1.165) is 0 Å². The summed E-state index contributed by atoms with van der Waals surface area (Å²) in [4.78, 5) is 32.3. The molecule has 3 heterocycles. The van der Waals surface area contributed by atoms with Crippen LogP contribution in [0.5, 0.6) is 0 Å². The molecular weight excluding hydrogens is 1070 g/mol. The third-order valence-corrected chi connectivity index (χ3v) is 9.10. The van der Waals surface area contributed by atoms with Gasteiger partial charge in [0.05, 0.1) is 95.1 Å². The molecule has 3 fully saturated rings. The molecule has 0 aliphatic carbocycles. The third kappa shape index (κ3) is 25.4. The van der Waals surface area contributed by atoms with E-state index in [4.69, 9.17) is 70.5 Å². The number of amides is 2. The first-order valence-corrected chi connectivity index (χ1v) is 18.7. The van der Waals surface area contributed by atoms with E-state index in [1.54, 1.807) is 20.8 Å². The first kappa shape index (κ1) is 69.6. The third-order valence-electron chi connectivity index (χ3n) is 9.10. The van der Waals surface area contributed by atoms with Crippen LogP contribution >= 0.6 is 0 Å².